The molecule has 0 fully saturated rings. The lowest BCUT2D eigenvalue weighted by molar-refractivity contribution is -0.274. The highest BCUT2D eigenvalue weighted by Gasteiger charge is 2.33. The molecular weight excluding hydrogens is 265 g/mol. The summed E-state index contributed by atoms with van der Waals surface area (Å²) in [4.78, 5) is 20.0. The van der Waals surface area contributed by atoms with Crippen molar-refractivity contribution in [2.45, 2.75) is 6.36 Å². The number of carbonyl (C=O) groups excluding carboxylic acids is 1. The Hall–Kier alpha value is -2.51. The number of rotatable bonds is 3. The van der Waals surface area contributed by atoms with Gasteiger partial charge in [-0.25, -0.2) is 9.78 Å². The number of hydrogen-bond donors (Lipinski definition) is 0. The summed E-state index contributed by atoms with van der Waals surface area (Å²) < 4.78 is 41.2. The molecule has 0 aliphatic heterocycles. The monoisotopic (exact) mass is 272 g/mol. The topological polar surface area (TPSA) is 53.4 Å². The van der Waals surface area contributed by atoms with Crippen LogP contribution in [-0.4, -0.2) is 22.0 Å². The maximum atomic E-state index is 12.2. The van der Waals surface area contributed by atoms with E-state index in [1.165, 1.54) is 18.5 Å². The van der Waals surface area contributed by atoms with Crippen molar-refractivity contribution in [3.05, 3.63) is 48.5 Å². The molecule has 19 heavy (non-hydrogen) atoms. The second kappa shape index (κ2) is 5.01. The number of nitrogens with zero attached hydrogens (tertiary/aromatic N) is 2. The maximum Gasteiger partial charge on any atom is 0.573 e. The molecule has 0 N–H and O–H groups in total. The van der Waals surface area contributed by atoms with Gasteiger partial charge in [0.1, 0.15) is 0 Å². The van der Waals surface area contributed by atoms with E-state index < -0.39 is 23.8 Å². The van der Waals surface area contributed by atoms with Gasteiger partial charge in [0.05, 0.1) is 0 Å². The van der Waals surface area contributed by atoms with E-state index in [4.69, 9.17) is 4.84 Å². The van der Waals surface area contributed by atoms with Crippen LogP contribution in [0, 0.1) is 0 Å². The lowest BCUT2D eigenvalue weighted by atomic mass is 10.3. The average molecular weight is 272 g/mol. The van der Waals surface area contributed by atoms with Gasteiger partial charge in [0, 0.05) is 18.6 Å². The fourth-order valence-corrected chi connectivity index (χ4v) is 1.27. The third kappa shape index (κ3) is 3.47. The smallest absolute Gasteiger partial charge is 0.403 e. The first-order valence-corrected chi connectivity index (χ1v) is 5.02. The van der Waals surface area contributed by atoms with Crippen LogP contribution in [0.3, 0.4) is 0 Å². The first-order valence-electron chi connectivity index (χ1n) is 5.02. The van der Waals surface area contributed by atoms with Crippen LogP contribution >= 0.6 is 0 Å². The standard InChI is InChI=1S/C11H7F3N2O3/c12-11(13,14)18-8-4-3-5-15-9(8)10(17)19-16-6-1-2-7-16/h1-7H. The molecule has 100 valence electrons. The van der Waals surface area contributed by atoms with Crippen molar-refractivity contribution >= 4 is 5.97 Å². The highest BCUT2D eigenvalue weighted by molar-refractivity contribution is 5.90. The second-order valence-electron chi connectivity index (χ2n) is 3.32. The van der Waals surface area contributed by atoms with Crippen LogP contribution < -0.4 is 9.57 Å². The number of ether oxygens (including phenoxy) is 1. The van der Waals surface area contributed by atoms with Crippen LogP contribution in [0.15, 0.2) is 42.9 Å². The minimum Gasteiger partial charge on any atom is -0.403 e. The molecule has 0 bridgehead atoms. The van der Waals surface area contributed by atoms with E-state index in [2.05, 4.69) is 9.72 Å². The molecule has 0 spiro atoms. The lowest BCUT2D eigenvalue weighted by Gasteiger charge is -2.11. The Labute approximate surface area is 105 Å². The molecule has 2 rings (SSSR count). The predicted molar refractivity (Wildman–Crippen MR) is 56.3 cm³/mol. The van der Waals surface area contributed by atoms with Crippen LogP contribution in [-0.2, 0) is 0 Å². The number of alkyl halides is 3. The van der Waals surface area contributed by atoms with Gasteiger partial charge in [0.15, 0.2) is 11.4 Å². The first kappa shape index (κ1) is 12.9. The quantitative estimate of drug-likeness (QED) is 0.858. The predicted octanol–water partition coefficient (Wildman–Crippen LogP) is 2.05. The van der Waals surface area contributed by atoms with Crippen molar-refractivity contribution in [1.82, 2.24) is 9.71 Å². The van der Waals surface area contributed by atoms with Crippen molar-refractivity contribution in [3.63, 3.8) is 0 Å². The molecule has 0 atom stereocenters. The van der Waals surface area contributed by atoms with Crippen molar-refractivity contribution in [1.29, 1.82) is 0 Å². The van der Waals surface area contributed by atoms with Gasteiger partial charge in [-0.15, -0.1) is 13.2 Å². The van der Waals surface area contributed by atoms with E-state index in [-0.39, 0.29) is 0 Å². The summed E-state index contributed by atoms with van der Waals surface area (Å²) in [6, 6.07) is 5.36. The molecule has 0 saturated heterocycles. The lowest BCUT2D eigenvalue weighted by Crippen LogP contribution is -2.23. The molecule has 0 aliphatic carbocycles. The van der Waals surface area contributed by atoms with Gasteiger partial charge < -0.3 is 9.57 Å². The highest BCUT2D eigenvalue weighted by atomic mass is 19.4. The molecule has 0 aromatic carbocycles. The van der Waals surface area contributed by atoms with Gasteiger partial charge in [-0.3, -0.25) is 0 Å². The molecule has 5 nitrogen and oxygen atoms in total. The van der Waals surface area contributed by atoms with E-state index in [1.807, 2.05) is 0 Å². The minimum atomic E-state index is -4.91. The molecular formula is C11H7F3N2O3. The summed E-state index contributed by atoms with van der Waals surface area (Å²) in [5, 5.41) is 0. The molecule has 2 heterocycles. The van der Waals surface area contributed by atoms with E-state index in [1.54, 1.807) is 12.1 Å². The van der Waals surface area contributed by atoms with Gasteiger partial charge in [-0.05, 0) is 24.3 Å². The Morgan fingerprint density at radius 1 is 1.21 bits per heavy atom. The van der Waals surface area contributed by atoms with Crippen LogP contribution in [0.1, 0.15) is 10.5 Å². The maximum absolute atomic E-state index is 12.2. The Balaban J connectivity index is 2.21. The average Bonchev–Trinajstić information content (AvgIpc) is 2.80. The fraction of sp³-hybridized carbons (Fsp3) is 0.0909. The summed E-state index contributed by atoms with van der Waals surface area (Å²) in [5.74, 6) is -1.77. The summed E-state index contributed by atoms with van der Waals surface area (Å²) in [7, 11) is 0. The molecule has 0 radical (unpaired) electrons. The summed E-state index contributed by atoms with van der Waals surface area (Å²) >= 11 is 0. The van der Waals surface area contributed by atoms with Gasteiger partial charge in [-0.1, -0.05) is 0 Å². The molecule has 2 aromatic heterocycles. The number of pyridine rings is 1. The molecule has 0 amide bonds. The SMILES string of the molecule is O=C(On1cccc1)c1ncccc1OC(F)(F)F. The zero-order valence-corrected chi connectivity index (χ0v) is 9.29. The Morgan fingerprint density at radius 2 is 1.89 bits per heavy atom. The number of halogens is 3. The van der Waals surface area contributed by atoms with E-state index in [0.717, 1.165) is 17.0 Å². The van der Waals surface area contributed by atoms with Gasteiger partial charge in [0.2, 0.25) is 0 Å². The van der Waals surface area contributed by atoms with Gasteiger partial charge in [-0.2, -0.15) is 4.73 Å². The minimum absolute atomic E-state index is 0.562. The zero-order chi connectivity index (χ0) is 13.9. The normalized spacial score (nSPS) is 11.1. The first-order chi connectivity index (χ1) is 8.96. The third-order valence-corrected chi connectivity index (χ3v) is 1.96. The Morgan fingerprint density at radius 3 is 2.53 bits per heavy atom. The van der Waals surface area contributed by atoms with Gasteiger partial charge in [0.25, 0.3) is 0 Å². The number of carbonyl (C=O) groups is 1. The van der Waals surface area contributed by atoms with E-state index >= 15 is 0 Å². The molecule has 0 aliphatic rings. The van der Waals surface area contributed by atoms with E-state index in [9.17, 15) is 18.0 Å². The highest BCUT2D eigenvalue weighted by Crippen LogP contribution is 2.24. The zero-order valence-electron chi connectivity index (χ0n) is 9.29. The van der Waals surface area contributed by atoms with Crippen LogP contribution in [0.25, 0.3) is 0 Å². The van der Waals surface area contributed by atoms with Crippen LogP contribution in [0.2, 0.25) is 0 Å². The number of aromatic nitrogens is 2. The number of hydrogen-bond acceptors (Lipinski definition) is 4. The Bertz CT molecular complexity index is 567. The van der Waals surface area contributed by atoms with Crippen molar-refractivity contribution < 1.29 is 27.5 Å². The van der Waals surface area contributed by atoms with Crippen LogP contribution in [0.4, 0.5) is 13.2 Å². The van der Waals surface area contributed by atoms with Crippen LogP contribution in [0.5, 0.6) is 5.75 Å². The molecule has 0 saturated carbocycles. The summed E-state index contributed by atoms with van der Waals surface area (Å²) in [6.07, 6.45) is -0.933. The largest absolute Gasteiger partial charge is 0.573 e. The van der Waals surface area contributed by atoms with Gasteiger partial charge >= 0.3 is 12.3 Å². The van der Waals surface area contributed by atoms with Crippen molar-refractivity contribution in [3.8, 4) is 5.75 Å². The summed E-state index contributed by atoms with van der Waals surface area (Å²) in [6.45, 7) is 0. The summed E-state index contributed by atoms with van der Waals surface area (Å²) in [5.41, 5.74) is -0.562. The third-order valence-electron chi connectivity index (χ3n) is 1.96. The molecule has 2 aromatic rings. The Kier molecular flexibility index (Phi) is 3.41. The molecule has 8 heteroatoms. The molecule has 0 unspecified atom stereocenters. The fourth-order valence-electron chi connectivity index (χ4n) is 1.27. The van der Waals surface area contributed by atoms with E-state index in [0.29, 0.717) is 0 Å². The van der Waals surface area contributed by atoms with Crippen molar-refractivity contribution in [2.75, 3.05) is 0 Å². The second-order valence-corrected chi connectivity index (χ2v) is 3.32. The van der Waals surface area contributed by atoms with Crippen molar-refractivity contribution in [2.24, 2.45) is 0 Å².